The molecule has 44 valence electrons. The molecule has 0 rings (SSSR count). The fourth-order valence-electron chi connectivity index (χ4n) is 0.440. The van der Waals surface area contributed by atoms with Crippen molar-refractivity contribution in [1.82, 2.24) is 0 Å². The van der Waals surface area contributed by atoms with Gasteiger partial charge in [-0.15, -0.1) is 0 Å². The highest BCUT2D eigenvalue weighted by molar-refractivity contribution is 4.51. The van der Waals surface area contributed by atoms with Crippen LogP contribution in [-0.4, -0.2) is 12.6 Å². The molecule has 0 unspecified atom stereocenters. The molecule has 0 fully saturated rings. The molecule has 0 heterocycles. The molecule has 0 aliphatic rings. The van der Waals surface area contributed by atoms with Gasteiger partial charge in [0.05, 0.1) is 0 Å². The Bertz CT molecular complexity index is 35.1. The van der Waals surface area contributed by atoms with Gasteiger partial charge in [-0.05, 0) is 26.3 Å². The summed E-state index contributed by atoms with van der Waals surface area (Å²) in [6.45, 7) is 2.76. The third kappa shape index (κ3) is 5.92. The van der Waals surface area contributed by atoms with Crippen LogP contribution in [-0.2, 0) is 0 Å². The molecule has 0 aliphatic heterocycles. The molecule has 0 saturated carbocycles. The van der Waals surface area contributed by atoms with Gasteiger partial charge in [0, 0.05) is 6.04 Å². The third-order valence-electron chi connectivity index (χ3n) is 0.864. The summed E-state index contributed by atoms with van der Waals surface area (Å²) in [7, 11) is 0. The van der Waals surface area contributed by atoms with E-state index in [2.05, 4.69) is 0 Å². The molecule has 0 aromatic rings. The number of hydrogen-bond donors (Lipinski definition) is 2. The molecule has 2 nitrogen and oxygen atoms in total. The van der Waals surface area contributed by atoms with Crippen molar-refractivity contribution in [3.8, 4) is 0 Å². The maximum Gasteiger partial charge on any atom is 0.00109 e. The van der Waals surface area contributed by atoms with E-state index in [1.54, 1.807) is 0 Å². The third-order valence-corrected chi connectivity index (χ3v) is 0.864. The Morgan fingerprint density at radius 3 is 2.29 bits per heavy atom. The van der Waals surface area contributed by atoms with E-state index in [1.165, 1.54) is 0 Å². The standard InChI is InChI=1S/C5H14N2/c1-5(7)3-2-4-6/h5H,2-4,6-7H2,1H3/t5-/m1/s1. The Hall–Kier alpha value is -0.0800. The average Bonchev–Trinajstić information content (AvgIpc) is 1.61. The van der Waals surface area contributed by atoms with Crippen molar-refractivity contribution < 1.29 is 0 Å². The average molecular weight is 102 g/mol. The number of hydrogen-bond acceptors (Lipinski definition) is 2. The van der Waals surface area contributed by atoms with Gasteiger partial charge in [0.15, 0.2) is 0 Å². The zero-order valence-electron chi connectivity index (χ0n) is 4.85. The first-order valence-electron chi connectivity index (χ1n) is 2.73. The second kappa shape index (κ2) is 4.09. The quantitative estimate of drug-likeness (QED) is 0.530. The van der Waals surface area contributed by atoms with Crippen LogP contribution in [0.15, 0.2) is 0 Å². The van der Waals surface area contributed by atoms with Crippen LogP contribution < -0.4 is 11.5 Å². The highest BCUT2D eigenvalue weighted by atomic mass is 14.6. The predicted octanol–water partition coefficient (Wildman–Crippen LogP) is 0.0725. The molecular formula is C5H14N2. The minimum absolute atomic E-state index is 0.323. The van der Waals surface area contributed by atoms with Gasteiger partial charge in [0.1, 0.15) is 0 Å². The zero-order valence-corrected chi connectivity index (χ0v) is 4.85. The van der Waals surface area contributed by atoms with E-state index in [9.17, 15) is 0 Å². The van der Waals surface area contributed by atoms with Gasteiger partial charge in [0.2, 0.25) is 0 Å². The van der Waals surface area contributed by atoms with Crippen LogP contribution in [0.25, 0.3) is 0 Å². The Balaban J connectivity index is 2.68. The second-order valence-electron chi connectivity index (χ2n) is 1.91. The van der Waals surface area contributed by atoms with E-state index >= 15 is 0 Å². The van der Waals surface area contributed by atoms with Gasteiger partial charge < -0.3 is 11.5 Å². The summed E-state index contributed by atoms with van der Waals surface area (Å²) >= 11 is 0. The Morgan fingerprint density at radius 1 is 1.57 bits per heavy atom. The van der Waals surface area contributed by atoms with E-state index in [0.717, 1.165) is 19.4 Å². The minimum Gasteiger partial charge on any atom is -0.330 e. The zero-order chi connectivity index (χ0) is 5.70. The van der Waals surface area contributed by atoms with Crippen LogP contribution >= 0.6 is 0 Å². The molecular weight excluding hydrogens is 88.1 g/mol. The van der Waals surface area contributed by atoms with Gasteiger partial charge in [-0.1, -0.05) is 0 Å². The molecule has 0 amide bonds. The van der Waals surface area contributed by atoms with Crippen molar-refractivity contribution in [3.63, 3.8) is 0 Å². The van der Waals surface area contributed by atoms with E-state index in [0.29, 0.717) is 6.04 Å². The Morgan fingerprint density at radius 2 is 2.14 bits per heavy atom. The van der Waals surface area contributed by atoms with Crippen LogP contribution in [0.2, 0.25) is 0 Å². The summed E-state index contributed by atoms with van der Waals surface area (Å²) in [5.74, 6) is 0. The number of rotatable bonds is 3. The molecule has 7 heavy (non-hydrogen) atoms. The normalized spacial score (nSPS) is 14.1. The monoisotopic (exact) mass is 102 g/mol. The number of nitrogens with two attached hydrogens (primary N) is 2. The van der Waals surface area contributed by atoms with Crippen molar-refractivity contribution >= 4 is 0 Å². The lowest BCUT2D eigenvalue weighted by Gasteiger charge is -1.99. The topological polar surface area (TPSA) is 52.0 Å². The van der Waals surface area contributed by atoms with Gasteiger partial charge in [-0.25, -0.2) is 0 Å². The smallest absolute Gasteiger partial charge is 0.00109 e. The SMILES string of the molecule is C[C@@H](N)CCCN. The van der Waals surface area contributed by atoms with Crippen molar-refractivity contribution in [3.05, 3.63) is 0 Å². The van der Waals surface area contributed by atoms with Crippen molar-refractivity contribution in [2.75, 3.05) is 6.54 Å². The molecule has 0 spiro atoms. The molecule has 0 saturated heterocycles. The highest BCUT2D eigenvalue weighted by Crippen LogP contribution is 1.88. The fraction of sp³-hybridized carbons (Fsp3) is 1.00. The Labute approximate surface area is 44.9 Å². The van der Waals surface area contributed by atoms with E-state index in [4.69, 9.17) is 11.5 Å². The molecule has 0 aromatic carbocycles. The molecule has 2 heteroatoms. The first kappa shape index (κ1) is 6.92. The molecule has 4 N–H and O–H groups in total. The summed E-state index contributed by atoms with van der Waals surface area (Å²) in [5.41, 5.74) is 10.6. The molecule has 0 radical (unpaired) electrons. The predicted molar refractivity (Wildman–Crippen MR) is 31.9 cm³/mol. The van der Waals surface area contributed by atoms with Gasteiger partial charge in [-0.3, -0.25) is 0 Å². The van der Waals surface area contributed by atoms with E-state index in [1.807, 2.05) is 6.92 Å². The lowest BCUT2D eigenvalue weighted by atomic mass is 10.2. The lowest BCUT2D eigenvalue weighted by Crippen LogP contribution is -2.16. The summed E-state index contributed by atoms with van der Waals surface area (Å²) in [6, 6.07) is 0.323. The molecule has 1 atom stereocenters. The minimum atomic E-state index is 0.323. The second-order valence-corrected chi connectivity index (χ2v) is 1.91. The van der Waals surface area contributed by atoms with Gasteiger partial charge in [-0.2, -0.15) is 0 Å². The lowest BCUT2D eigenvalue weighted by molar-refractivity contribution is 0.631. The molecule has 0 aromatic heterocycles. The first-order chi connectivity index (χ1) is 3.27. The van der Waals surface area contributed by atoms with Crippen LogP contribution in [0, 0.1) is 0 Å². The van der Waals surface area contributed by atoms with Crippen molar-refractivity contribution in [2.45, 2.75) is 25.8 Å². The van der Waals surface area contributed by atoms with Crippen molar-refractivity contribution in [1.29, 1.82) is 0 Å². The summed E-state index contributed by atoms with van der Waals surface area (Å²) in [4.78, 5) is 0. The summed E-state index contributed by atoms with van der Waals surface area (Å²) < 4.78 is 0. The molecule has 0 bridgehead atoms. The van der Waals surface area contributed by atoms with Crippen LogP contribution in [0.1, 0.15) is 19.8 Å². The summed E-state index contributed by atoms with van der Waals surface area (Å²) in [6.07, 6.45) is 2.11. The Kier molecular flexibility index (Phi) is 4.04. The van der Waals surface area contributed by atoms with Crippen LogP contribution in [0.3, 0.4) is 0 Å². The maximum absolute atomic E-state index is 5.42. The maximum atomic E-state index is 5.42. The van der Waals surface area contributed by atoms with E-state index < -0.39 is 0 Å². The van der Waals surface area contributed by atoms with Gasteiger partial charge in [0.25, 0.3) is 0 Å². The molecule has 0 aliphatic carbocycles. The van der Waals surface area contributed by atoms with E-state index in [-0.39, 0.29) is 0 Å². The van der Waals surface area contributed by atoms with Crippen molar-refractivity contribution in [2.24, 2.45) is 11.5 Å². The first-order valence-corrected chi connectivity index (χ1v) is 2.73. The largest absolute Gasteiger partial charge is 0.330 e. The highest BCUT2D eigenvalue weighted by Gasteiger charge is 1.88. The summed E-state index contributed by atoms with van der Waals surface area (Å²) in [5, 5.41) is 0. The van der Waals surface area contributed by atoms with Gasteiger partial charge >= 0.3 is 0 Å². The fourth-order valence-corrected chi connectivity index (χ4v) is 0.440. The van der Waals surface area contributed by atoms with Crippen LogP contribution in [0.5, 0.6) is 0 Å². The van der Waals surface area contributed by atoms with Crippen LogP contribution in [0.4, 0.5) is 0 Å².